The van der Waals surface area contributed by atoms with Crippen molar-refractivity contribution in [2.45, 2.75) is 118 Å². The highest BCUT2D eigenvalue weighted by molar-refractivity contribution is 4.53. The van der Waals surface area contributed by atoms with Gasteiger partial charge in [0.2, 0.25) is 0 Å². The summed E-state index contributed by atoms with van der Waals surface area (Å²) >= 11 is 0. The van der Waals surface area contributed by atoms with Gasteiger partial charge in [-0.2, -0.15) is 0 Å². The molecular weight excluding hydrogens is 278 g/mol. The van der Waals surface area contributed by atoms with Crippen LogP contribution in [0.1, 0.15) is 118 Å². The van der Waals surface area contributed by atoms with Gasteiger partial charge in [0, 0.05) is 0 Å². The molecule has 0 radical (unpaired) electrons. The van der Waals surface area contributed by atoms with E-state index in [1.165, 1.54) is 103 Å². The van der Waals surface area contributed by atoms with Crippen LogP contribution in [0.4, 0.5) is 0 Å². The van der Waals surface area contributed by atoms with Gasteiger partial charge in [-0.05, 0) is 37.8 Å². The molecule has 0 aromatic carbocycles. The van der Waals surface area contributed by atoms with Crippen LogP contribution in [0, 0.1) is 11.8 Å². The Hall–Kier alpha value is -0.0400. The van der Waals surface area contributed by atoms with E-state index < -0.39 is 0 Å². The molecule has 1 N–H and O–H groups in total. The Morgan fingerprint density at radius 1 is 0.435 bits per heavy atom. The van der Waals surface area contributed by atoms with Gasteiger partial charge in [0.05, 0.1) is 0 Å². The molecule has 0 saturated heterocycles. The van der Waals surface area contributed by atoms with Gasteiger partial charge in [-0.1, -0.05) is 105 Å². The Morgan fingerprint density at radius 2 is 0.739 bits per heavy atom. The van der Waals surface area contributed by atoms with Crippen LogP contribution in [0.15, 0.2) is 0 Å². The quantitative estimate of drug-likeness (QED) is 0.260. The van der Waals surface area contributed by atoms with Crippen LogP contribution >= 0.6 is 0 Å². The van der Waals surface area contributed by atoms with E-state index in [9.17, 15) is 0 Å². The summed E-state index contributed by atoms with van der Waals surface area (Å²) in [4.78, 5) is 0. The Morgan fingerprint density at radius 3 is 1.09 bits per heavy atom. The molecule has 0 bridgehead atoms. The number of unbranched alkanes of at least 4 members (excludes halogenated alkanes) is 10. The van der Waals surface area contributed by atoms with Crippen LogP contribution in [0.5, 0.6) is 0 Å². The Labute approximate surface area is 148 Å². The average Bonchev–Trinajstić information content (AvgIpc) is 2.49. The van der Waals surface area contributed by atoms with Crippen LogP contribution in [0.2, 0.25) is 0 Å². The largest absolute Gasteiger partial charge is 0.317 e. The van der Waals surface area contributed by atoms with E-state index in [4.69, 9.17) is 0 Å². The number of hydrogen-bond donors (Lipinski definition) is 1. The molecule has 0 unspecified atom stereocenters. The second-order valence-electron chi connectivity index (χ2n) is 8.36. The molecule has 0 spiro atoms. The molecule has 0 amide bonds. The van der Waals surface area contributed by atoms with Crippen molar-refractivity contribution in [1.29, 1.82) is 0 Å². The predicted octanol–water partition coefficient (Wildman–Crippen LogP) is 7.35. The first kappa shape index (κ1) is 23.0. The topological polar surface area (TPSA) is 12.0 Å². The molecule has 23 heavy (non-hydrogen) atoms. The van der Waals surface area contributed by atoms with Crippen molar-refractivity contribution in [2.24, 2.45) is 11.8 Å². The highest BCUT2D eigenvalue weighted by Gasteiger charge is 1.96. The van der Waals surface area contributed by atoms with Crippen LogP contribution < -0.4 is 5.32 Å². The summed E-state index contributed by atoms with van der Waals surface area (Å²) in [5, 5.41) is 3.62. The van der Waals surface area contributed by atoms with Crippen molar-refractivity contribution < 1.29 is 0 Å². The summed E-state index contributed by atoms with van der Waals surface area (Å²) < 4.78 is 0. The van der Waals surface area contributed by atoms with Crippen LogP contribution in [-0.2, 0) is 0 Å². The minimum absolute atomic E-state index is 0.888. The molecule has 0 heterocycles. The molecule has 0 aliphatic carbocycles. The van der Waals surface area contributed by atoms with E-state index in [0.29, 0.717) is 0 Å². The Bertz CT molecular complexity index is 188. The number of hydrogen-bond acceptors (Lipinski definition) is 1. The van der Waals surface area contributed by atoms with Crippen molar-refractivity contribution in [3.05, 3.63) is 0 Å². The zero-order valence-electron chi connectivity index (χ0n) is 17.0. The monoisotopic (exact) mass is 325 g/mol. The summed E-state index contributed by atoms with van der Waals surface area (Å²) in [5.74, 6) is 1.78. The van der Waals surface area contributed by atoms with E-state index in [1.54, 1.807) is 0 Å². The summed E-state index contributed by atoms with van der Waals surface area (Å²) in [7, 11) is 0. The van der Waals surface area contributed by atoms with Gasteiger partial charge in [-0.25, -0.2) is 0 Å². The van der Waals surface area contributed by atoms with Gasteiger partial charge in [0.25, 0.3) is 0 Å². The Balaban J connectivity index is 2.97. The van der Waals surface area contributed by atoms with E-state index >= 15 is 0 Å². The fourth-order valence-corrected chi connectivity index (χ4v) is 3.14. The standard InChI is InChI=1S/C22H47N/c1-21(2)17-13-9-5-7-11-15-19-23-20-16-12-8-6-10-14-18-22(3)4/h21-23H,5-20H2,1-4H3. The molecule has 0 aromatic rings. The molecule has 0 fully saturated rings. The van der Waals surface area contributed by atoms with Crippen molar-refractivity contribution in [1.82, 2.24) is 5.32 Å². The lowest BCUT2D eigenvalue weighted by Gasteiger charge is -2.06. The van der Waals surface area contributed by atoms with Gasteiger partial charge in [-0.15, -0.1) is 0 Å². The maximum atomic E-state index is 3.62. The minimum atomic E-state index is 0.888. The lowest BCUT2D eigenvalue weighted by molar-refractivity contribution is 0.499. The fourth-order valence-electron chi connectivity index (χ4n) is 3.14. The normalized spacial score (nSPS) is 11.7. The first-order valence-electron chi connectivity index (χ1n) is 10.8. The smallest absolute Gasteiger partial charge is 0.00489 e. The predicted molar refractivity (Wildman–Crippen MR) is 107 cm³/mol. The summed E-state index contributed by atoms with van der Waals surface area (Å²) in [5.41, 5.74) is 0. The van der Waals surface area contributed by atoms with Gasteiger partial charge < -0.3 is 5.32 Å². The molecule has 0 aliphatic heterocycles. The maximum Gasteiger partial charge on any atom is -0.00489 e. The van der Waals surface area contributed by atoms with Crippen LogP contribution in [0.25, 0.3) is 0 Å². The second kappa shape index (κ2) is 18.3. The first-order chi connectivity index (χ1) is 11.1. The van der Waals surface area contributed by atoms with Crippen molar-refractivity contribution in [3.63, 3.8) is 0 Å². The molecular formula is C22H47N. The zero-order chi connectivity index (χ0) is 17.2. The fraction of sp³-hybridized carbons (Fsp3) is 1.00. The lowest BCUT2D eigenvalue weighted by atomic mass is 10.0. The minimum Gasteiger partial charge on any atom is -0.317 e. The number of nitrogens with one attached hydrogen (secondary N) is 1. The molecule has 0 aliphatic rings. The first-order valence-corrected chi connectivity index (χ1v) is 10.8. The molecule has 1 heteroatoms. The lowest BCUT2D eigenvalue weighted by Crippen LogP contribution is -2.16. The van der Waals surface area contributed by atoms with E-state index in [-0.39, 0.29) is 0 Å². The van der Waals surface area contributed by atoms with Crippen LogP contribution in [-0.4, -0.2) is 13.1 Å². The van der Waals surface area contributed by atoms with Crippen molar-refractivity contribution in [3.8, 4) is 0 Å². The van der Waals surface area contributed by atoms with Gasteiger partial charge in [0.1, 0.15) is 0 Å². The maximum absolute atomic E-state index is 3.62. The summed E-state index contributed by atoms with van der Waals surface area (Å²) in [6, 6.07) is 0. The highest BCUT2D eigenvalue weighted by atomic mass is 14.8. The number of rotatable bonds is 18. The zero-order valence-corrected chi connectivity index (χ0v) is 17.0. The molecule has 0 rings (SSSR count). The second-order valence-corrected chi connectivity index (χ2v) is 8.36. The Kier molecular flexibility index (Phi) is 18.3. The molecule has 140 valence electrons. The summed E-state index contributed by atoms with van der Waals surface area (Å²) in [6.07, 6.45) is 20.0. The van der Waals surface area contributed by atoms with Gasteiger partial charge >= 0.3 is 0 Å². The molecule has 1 nitrogen and oxygen atoms in total. The molecule has 0 saturated carbocycles. The third kappa shape index (κ3) is 22.0. The van der Waals surface area contributed by atoms with Crippen molar-refractivity contribution >= 4 is 0 Å². The SMILES string of the molecule is CC(C)CCCCCCCCNCCCCCCCCC(C)C. The molecule has 0 atom stereocenters. The third-order valence-corrected chi connectivity index (χ3v) is 4.77. The highest BCUT2D eigenvalue weighted by Crippen LogP contribution is 2.12. The van der Waals surface area contributed by atoms with Crippen molar-refractivity contribution in [2.75, 3.05) is 13.1 Å². The summed E-state index contributed by atoms with van der Waals surface area (Å²) in [6.45, 7) is 11.8. The molecule has 0 aromatic heterocycles. The van der Waals surface area contributed by atoms with Gasteiger partial charge in [-0.3, -0.25) is 0 Å². The van der Waals surface area contributed by atoms with E-state index in [1.807, 2.05) is 0 Å². The van der Waals surface area contributed by atoms with E-state index in [2.05, 4.69) is 33.0 Å². The van der Waals surface area contributed by atoms with E-state index in [0.717, 1.165) is 11.8 Å². The average molecular weight is 326 g/mol. The van der Waals surface area contributed by atoms with Gasteiger partial charge in [0.15, 0.2) is 0 Å². The third-order valence-electron chi connectivity index (χ3n) is 4.77. The van der Waals surface area contributed by atoms with Crippen LogP contribution in [0.3, 0.4) is 0 Å².